The molecule has 4 heterocycles. The van der Waals surface area contributed by atoms with E-state index in [0.717, 1.165) is 34.9 Å². The number of rotatable bonds is 8. The molecule has 0 spiro atoms. The van der Waals surface area contributed by atoms with Crippen LogP contribution in [-0.2, 0) is 13.5 Å². The zero-order valence-corrected chi connectivity index (χ0v) is 22.4. The van der Waals surface area contributed by atoms with Crippen molar-refractivity contribution in [1.29, 1.82) is 0 Å². The van der Waals surface area contributed by atoms with Crippen LogP contribution in [0.25, 0.3) is 33.2 Å². The van der Waals surface area contributed by atoms with Gasteiger partial charge in [-0.25, -0.2) is 14.4 Å². The monoisotopic (exact) mass is 562 g/mol. The lowest BCUT2D eigenvalue weighted by atomic mass is 10.0. The number of Topliss-reactive ketones (excluding diaryl/α,β-unsaturated/α-hetero) is 1. The summed E-state index contributed by atoms with van der Waals surface area (Å²) in [6.07, 6.45) is 11.4. The molecule has 0 radical (unpaired) electrons. The number of H-pyrrole nitrogens is 1. The molecule has 0 atom stereocenters. The zero-order valence-electron chi connectivity index (χ0n) is 22.4. The fraction of sp³-hybridized carbons (Fsp3) is 0.167. The van der Waals surface area contributed by atoms with Crippen LogP contribution in [0, 0.1) is 5.82 Å². The molecule has 11 nitrogen and oxygen atoms in total. The maximum absolute atomic E-state index is 13.5. The molecule has 7 rings (SSSR count). The molecule has 2 aromatic carbocycles. The smallest absolute Gasteiger partial charge is 0.219 e. The van der Waals surface area contributed by atoms with Crippen LogP contribution in [0.15, 0.2) is 78.4 Å². The molecule has 0 aliphatic heterocycles. The van der Waals surface area contributed by atoms with Gasteiger partial charge in [0, 0.05) is 41.5 Å². The van der Waals surface area contributed by atoms with E-state index in [9.17, 15) is 14.0 Å². The minimum Gasteiger partial charge on any atom is -0.453 e. The molecule has 0 bridgehead atoms. The predicted octanol–water partition coefficient (Wildman–Crippen LogP) is 4.67. The molecule has 42 heavy (non-hydrogen) atoms. The molecule has 0 saturated heterocycles. The summed E-state index contributed by atoms with van der Waals surface area (Å²) in [5.74, 6) is 0.234. The van der Waals surface area contributed by atoms with Gasteiger partial charge in [0.25, 0.3) is 0 Å². The number of fused-ring (bicyclic) bond motifs is 1. The summed E-state index contributed by atoms with van der Waals surface area (Å²) in [5, 5.41) is 16.4. The largest absolute Gasteiger partial charge is 0.453 e. The predicted molar refractivity (Wildman–Crippen MR) is 151 cm³/mol. The first kappa shape index (κ1) is 25.4. The number of aromatic amines is 1. The molecule has 4 aromatic heterocycles. The maximum atomic E-state index is 13.5. The number of carbonyl (C=O) groups is 1. The number of benzene rings is 2. The van der Waals surface area contributed by atoms with Gasteiger partial charge in [-0.3, -0.25) is 24.1 Å². The lowest BCUT2D eigenvalue weighted by Gasteiger charge is -2.11. The van der Waals surface area contributed by atoms with Crippen LogP contribution in [0.3, 0.4) is 0 Å². The normalized spacial score (nSPS) is 13.0. The number of hydrogen-bond acceptors (Lipinski definition) is 8. The van der Waals surface area contributed by atoms with E-state index < -0.39 is 17.0 Å². The van der Waals surface area contributed by atoms with Crippen molar-refractivity contribution in [2.45, 2.75) is 25.3 Å². The van der Waals surface area contributed by atoms with Gasteiger partial charge in [-0.2, -0.15) is 15.3 Å². The summed E-state index contributed by atoms with van der Waals surface area (Å²) in [6, 6.07) is 9.57. The van der Waals surface area contributed by atoms with E-state index in [2.05, 4.69) is 30.4 Å². The SMILES string of the molecule is Cn1ncc2cc(Oc3cnc(CC(=O)c4nn(C5CC5)cc(-c5ccc(F)cc5)c4=O)nc3)c(-c3cn[nH]c3)cc21. The molecule has 0 unspecified atom stereocenters. The second-order valence-corrected chi connectivity index (χ2v) is 10.1. The average Bonchev–Trinajstić information content (AvgIpc) is 3.58. The number of ketones is 1. The lowest BCUT2D eigenvalue weighted by molar-refractivity contribution is 0.0982. The van der Waals surface area contributed by atoms with E-state index >= 15 is 0 Å². The molecule has 208 valence electrons. The van der Waals surface area contributed by atoms with Crippen LogP contribution in [0.2, 0.25) is 0 Å². The topological polar surface area (TPSA) is 133 Å². The van der Waals surface area contributed by atoms with E-state index in [1.165, 1.54) is 36.7 Å². The molecule has 1 N–H and O–H groups in total. The van der Waals surface area contributed by atoms with Crippen LogP contribution in [-0.4, -0.2) is 45.5 Å². The Labute approximate surface area is 237 Å². The summed E-state index contributed by atoms with van der Waals surface area (Å²) in [5.41, 5.74) is 2.68. The summed E-state index contributed by atoms with van der Waals surface area (Å²) < 4.78 is 23.1. The fourth-order valence-electron chi connectivity index (χ4n) is 4.78. The van der Waals surface area contributed by atoms with Gasteiger partial charge in [-0.1, -0.05) is 12.1 Å². The van der Waals surface area contributed by atoms with Crippen LogP contribution >= 0.6 is 0 Å². The van der Waals surface area contributed by atoms with Gasteiger partial charge in [-0.05, 0) is 42.7 Å². The van der Waals surface area contributed by atoms with Crippen molar-refractivity contribution in [3.05, 3.63) is 101 Å². The van der Waals surface area contributed by atoms with Crippen molar-refractivity contribution in [2.24, 2.45) is 7.05 Å². The van der Waals surface area contributed by atoms with E-state index in [1.807, 2.05) is 19.2 Å². The minimum absolute atomic E-state index is 0.127. The van der Waals surface area contributed by atoms with Crippen LogP contribution in [0.1, 0.15) is 35.2 Å². The number of halogens is 1. The summed E-state index contributed by atoms with van der Waals surface area (Å²) in [7, 11) is 1.87. The average molecular weight is 563 g/mol. The van der Waals surface area contributed by atoms with E-state index in [-0.39, 0.29) is 24.0 Å². The second kappa shape index (κ2) is 10.1. The van der Waals surface area contributed by atoms with E-state index in [4.69, 9.17) is 4.74 Å². The van der Waals surface area contributed by atoms with Gasteiger partial charge in [0.1, 0.15) is 17.4 Å². The van der Waals surface area contributed by atoms with Crippen LogP contribution < -0.4 is 10.2 Å². The molecular formula is C30H23FN8O3. The number of nitrogens with zero attached hydrogens (tertiary/aromatic N) is 7. The van der Waals surface area contributed by atoms with Crippen molar-refractivity contribution in [3.8, 4) is 33.8 Å². The van der Waals surface area contributed by atoms with Gasteiger partial charge in [0.05, 0.1) is 42.8 Å². The standard InChI is InChI=1S/C30H23FN8O3/c1-38-25-9-23(19-11-34-35-12-19)27(8-18(25)13-36-38)42-22-14-32-28(33-15-22)10-26(40)29-30(41)24(16-39(37-29)21-6-7-21)17-2-4-20(31)5-3-17/h2-5,8-9,11-16,21H,6-7,10H2,1H3,(H,34,35). The number of carbonyl (C=O) groups excluding carboxylic acids is 1. The molecule has 0 amide bonds. The molecule has 1 aliphatic rings. The Morgan fingerprint density at radius 1 is 1.05 bits per heavy atom. The molecule has 1 fully saturated rings. The Hall–Kier alpha value is -5.52. The Morgan fingerprint density at radius 3 is 2.55 bits per heavy atom. The maximum Gasteiger partial charge on any atom is 0.219 e. The highest BCUT2D eigenvalue weighted by Crippen LogP contribution is 2.36. The first-order valence-corrected chi connectivity index (χ1v) is 13.3. The quantitative estimate of drug-likeness (QED) is 0.265. The Balaban J connectivity index is 1.15. The number of nitrogens with one attached hydrogen (secondary N) is 1. The molecule has 12 heteroatoms. The summed E-state index contributed by atoms with van der Waals surface area (Å²) >= 11 is 0. The molecule has 6 aromatic rings. The van der Waals surface area contributed by atoms with Gasteiger partial charge < -0.3 is 4.74 Å². The Kier molecular flexibility index (Phi) is 6.15. The fourth-order valence-corrected chi connectivity index (χ4v) is 4.78. The number of ether oxygens (including phenoxy) is 1. The third kappa shape index (κ3) is 4.83. The van der Waals surface area contributed by atoms with E-state index in [1.54, 1.807) is 34.2 Å². The minimum atomic E-state index is -0.513. The van der Waals surface area contributed by atoms with Crippen molar-refractivity contribution in [3.63, 3.8) is 0 Å². The first-order valence-electron chi connectivity index (χ1n) is 13.3. The van der Waals surface area contributed by atoms with E-state index in [0.29, 0.717) is 22.6 Å². The van der Waals surface area contributed by atoms with Gasteiger partial charge >= 0.3 is 0 Å². The van der Waals surface area contributed by atoms with Gasteiger partial charge in [-0.15, -0.1) is 0 Å². The molecule has 1 aliphatic carbocycles. The highest BCUT2D eigenvalue weighted by molar-refractivity contribution is 5.96. The van der Waals surface area contributed by atoms with Crippen LogP contribution in [0.5, 0.6) is 11.5 Å². The zero-order chi connectivity index (χ0) is 28.8. The molecular weight excluding hydrogens is 539 g/mol. The third-order valence-electron chi connectivity index (χ3n) is 7.16. The van der Waals surface area contributed by atoms with Crippen LogP contribution in [0.4, 0.5) is 4.39 Å². The Bertz CT molecular complexity index is 1990. The van der Waals surface area contributed by atoms with Crippen molar-refractivity contribution in [2.75, 3.05) is 0 Å². The number of aromatic nitrogens is 8. The van der Waals surface area contributed by atoms with Crippen molar-refractivity contribution in [1.82, 2.24) is 39.7 Å². The first-order chi connectivity index (χ1) is 20.4. The number of aryl methyl sites for hydroxylation is 1. The Morgan fingerprint density at radius 2 is 1.83 bits per heavy atom. The van der Waals surface area contributed by atoms with Gasteiger partial charge in [0.2, 0.25) is 5.43 Å². The van der Waals surface area contributed by atoms with Gasteiger partial charge in [0.15, 0.2) is 17.2 Å². The van der Waals surface area contributed by atoms with Crippen molar-refractivity contribution < 1.29 is 13.9 Å². The number of hydrogen-bond donors (Lipinski definition) is 1. The third-order valence-corrected chi connectivity index (χ3v) is 7.16. The summed E-state index contributed by atoms with van der Waals surface area (Å²) in [4.78, 5) is 35.2. The lowest BCUT2D eigenvalue weighted by Crippen LogP contribution is -2.25. The highest BCUT2D eigenvalue weighted by atomic mass is 19.1. The van der Waals surface area contributed by atoms with Crippen molar-refractivity contribution >= 4 is 16.7 Å². The molecule has 1 saturated carbocycles. The highest BCUT2D eigenvalue weighted by Gasteiger charge is 2.27. The summed E-state index contributed by atoms with van der Waals surface area (Å²) in [6.45, 7) is 0. The second-order valence-electron chi connectivity index (χ2n) is 10.1.